The molecule has 2 atom stereocenters. The van der Waals surface area contributed by atoms with Crippen LogP contribution in [0.15, 0.2) is 0 Å². The molecule has 1 aliphatic carbocycles. The average Bonchev–Trinajstić information content (AvgIpc) is 2.59. The number of carbonyl (C=O) groups is 1. The Bertz CT molecular complexity index is 210. The van der Waals surface area contributed by atoms with Crippen LogP contribution in [0.2, 0.25) is 0 Å². The van der Waals surface area contributed by atoms with Crippen molar-refractivity contribution in [2.45, 2.75) is 31.7 Å². The molecule has 0 aliphatic heterocycles. The van der Waals surface area contributed by atoms with Gasteiger partial charge in [0.1, 0.15) is 0 Å². The van der Waals surface area contributed by atoms with E-state index in [1.807, 2.05) is 0 Å². The van der Waals surface area contributed by atoms with Crippen LogP contribution in [-0.4, -0.2) is 25.2 Å². The zero-order valence-corrected chi connectivity index (χ0v) is 7.64. The molecule has 0 aromatic carbocycles. The number of amides is 1. The fraction of sp³-hybridized carbons (Fsp3) is 0.875. The van der Waals surface area contributed by atoms with Crippen LogP contribution in [0.4, 0.5) is 13.6 Å². The lowest BCUT2D eigenvalue weighted by molar-refractivity contribution is 0.124. The lowest BCUT2D eigenvalue weighted by atomic mass is 10.2. The molecule has 0 heterocycles. The fourth-order valence-electron chi connectivity index (χ4n) is 1.45. The first kappa shape index (κ1) is 10.2. The molecule has 0 bridgehead atoms. The van der Waals surface area contributed by atoms with Crippen LogP contribution in [0.3, 0.4) is 0 Å². The van der Waals surface area contributed by atoms with E-state index in [1.54, 1.807) is 6.92 Å². The Morgan fingerprint density at radius 2 is 2.38 bits per heavy atom. The van der Waals surface area contributed by atoms with Crippen LogP contribution in [0.1, 0.15) is 19.8 Å². The van der Waals surface area contributed by atoms with Crippen molar-refractivity contribution in [2.24, 2.45) is 5.92 Å². The molecule has 13 heavy (non-hydrogen) atoms. The third kappa shape index (κ3) is 2.54. The average molecular weight is 193 g/mol. The SMILES string of the molecule is COC(=O)NC1(C)CC1CC(F)F. The predicted molar refractivity (Wildman–Crippen MR) is 42.7 cm³/mol. The van der Waals surface area contributed by atoms with Crippen molar-refractivity contribution in [1.82, 2.24) is 5.32 Å². The maximum absolute atomic E-state index is 11.9. The molecule has 1 amide bonds. The topological polar surface area (TPSA) is 38.3 Å². The first-order valence-corrected chi connectivity index (χ1v) is 4.12. The van der Waals surface area contributed by atoms with E-state index in [2.05, 4.69) is 10.1 Å². The number of alkyl carbamates (subject to hydrolysis) is 1. The standard InChI is InChI=1S/C8H13F2NO2/c1-8(11-7(12)13-2)4-5(8)3-6(9)10/h5-6H,3-4H2,1-2H3,(H,11,12). The van der Waals surface area contributed by atoms with Crippen molar-refractivity contribution in [3.05, 3.63) is 0 Å². The van der Waals surface area contributed by atoms with Gasteiger partial charge in [-0.2, -0.15) is 0 Å². The smallest absolute Gasteiger partial charge is 0.407 e. The lowest BCUT2D eigenvalue weighted by Gasteiger charge is -2.12. The van der Waals surface area contributed by atoms with Crippen LogP contribution in [-0.2, 0) is 4.74 Å². The molecule has 1 N–H and O–H groups in total. The largest absolute Gasteiger partial charge is 0.453 e. The predicted octanol–water partition coefficient (Wildman–Crippen LogP) is 1.78. The van der Waals surface area contributed by atoms with Crippen molar-refractivity contribution in [1.29, 1.82) is 0 Å². The van der Waals surface area contributed by atoms with Crippen molar-refractivity contribution < 1.29 is 18.3 Å². The summed E-state index contributed by atoms with van der Waals surface area (Å²) in [6.07, 6.45) is -2.40. The summed E-state index contributed by atoms with van der Waals surface area (Å²) in [5.41, 5.74) is -0.483. The van der Waals surface area contributed by atoms with Gasteiger partial charge < -0.3 is 10.1 Å². The molecule has 3 nitrogen and oxygen atoms in total. The van der Waals surface area contributed by atoms with Crippen LogP contribution in [0.5, 0.6) is 0 Å². The molecular weight excluding hydrogens is 180 g/mol. The molecule has 0 spiro atoms. The summed E-state index contributed by atoms with van der Waals surface area (Å²) in [7, 11) is 1.25. The molecule has 0 aromatic heterocycles. The van der Waals surface area contributed by atoms with E-state index in [0.29, 0.717) is 6.42 Å². The van der Waals surface area contributed by atoms with E-state index in [4.69, 9.17) is 0 Å². The number of halogens is 2. The van der Waals surface area contributed by atoms with Gasteiger partial charge in [-0.05, 0) is 19.3 Å². The summed E-state index contributed by atoms with van der Waals surface area (Å²) in [5, 5.41) is 2.54. The van der Waals surface area contributed by atoms with Gasteiger partial charge >= 0.3 is 6.09 Å². The van der Waals surface area contributed by atoms with Crippen molar-refractivity contribution in [3.8, 4) is 0 Å². The Morgan fingerprint density at radius 3 is 2.85 bits per heavy atom. The number of alkyl halides is 2. The minimum absolute atomic E-state index is 0.119. The maximum atomic E-state index is 11.9. The molecule has 1 rings (SSSR count). The summed E-state index contributed by atoms with van der Waals surface area (Å²) in [6.45, 7) is 1.75. The zero-order chi connectivity index (χ0) is 10.1. The molecule has 5 heteroatoms. The number of ether oxygens (including phenoxy) is 1. The highest BCUT2D eigenvalue weighted by atomic mass is 19.3. The van der Waals surface area contributed by atoms with Crippen LogP contribution in [0, 0.1) is 5.92 Å². The van der Waals surface area contributed by atoms with Gasteiger partial charge in [0.2, 0.25) is 6.43 Å². The minimum Gasteiger partial charge on any atom is -0.453 e. The van der Waals surface area contributed by atoms with Crippen LogP contribution < -0.4 is 5.32 Å². The first-order chi connectivity index (χ1) is 5.98. The van der Waals surface area contributed by atoms with Gasteiger partial charge in [0.05, 0.1) is 7.11 Å². The van der Waals surface area contributed by atoms with E-state index in [0.717, 1.165) is 0 Å². The van der Waals surface area contributed by atoms with E-state index >= 15 is 0 Å². The van der Waals surface area contributed by atoms with Crippen molar-refractivity contribution in [2.75, 3.05) is 7.11 Å². The molecule has 1 saturated carbocycles. The summed E-state index contributed by atoms with van der Waals surface area (Å²) in [5.74, 6) is -0.119. The third-order valence-corrected chi connectivity index (χ3v) is 2.45. The fourth-order valence-corrected chi connectivity index (χ4v) is 1.45. The second kappa shape index (κ2) is 3.47. The maximum Gasteiger partial charge on any atom is 0.407 e. The highest BCUT2D eigenvalue weighted by Crippen LogP contribution is 2.46. The highest BCUT2D eigenvalue weighted by molar-refractivity contribution is 5.68. The molecule has 0 aromatic rings. The van der Waals surface area contributed by atoms with Gasteiger partial charge in [-0.15, -0.1) is 0 Å². The van der Waals surface area contributed by atoms with Crippen LogP contribution >= 0.6 is 0 Å². The number of hydrogen-bond donors (Lipinski definition) is 1. The summed E-state index contributed by atoms with van der Waals surface area (Å²) in [4.78, 5) is 10.8. The van der Waals surface area contributed by atoms with Crippen molar-refractivity contribution >= 4 is 6.09 Å². The molecule has 1 fully saturated rings. The van der Waals surface area contributed by atoms with Gasteiger partial charge in [-0.3, -0.25) is 0 Å². The number of carbonyl (C=O) groups excluding carboxylic acids is 1. The van der Waals surface area contributed by atoms with Crippen LogP contribution in [0.25, 0.3) is 0 Å². The molecule has 76 valence electrons. The first-order valence-electron chi connectivity index (χ1n) is 4.12. The third-order valence-electron chi connectivity index (χ3n) is 2.45. The number of nitrogens with one attached hydrogen (secondary N) is 1. The second-order valence-corrected chi connectivity index (χ2v) is 3.56. The Kier molecular flexibility index (Phi) is 2.73. The second-order valence-electron chi connectivity index (χ2n) is 3.56. The molecule has 0 radical (unpaired) electrons. The number of hydrogen-bond acceptors (Lipinski definition) is 2. The Morgan fingerprint density at radius 1 is 1.77 bits per heavy atom. The molecule has 2 unspecified atom stereocenters. The van der Waals surface area contributed by atoms with Gasteiger partial charge in [0.25, 0.3) is 0 Å². The number of rotatable bonds is 3. The van der Waals surface area contributed by atoms with Gasteiger partial charge in [0.15, 0.2) is 0 Å². The Labute approximate surface area is 75.4 Å². The monoisotopic (exact) mass is 193 g/mol. The Hall–Kier alpha value is -0.870. The molecule has 0 saturated heterocycles. The Balaban J connectivity index is 2.32. The van der Waals surface area contributed by atoms with Gasteiger partial charge in [-0.1, -0.05) is 0 Å². The number of methoxy groups -OCH3 is 1. The van der Waals surface area contributed by atoms with E-state index < -0.39 is 18.1 Å². The van der Waals surface area contributed by atoms with E-state index in [-0.39, 0.29) is 12.3 Å². The van der Waals surface area contributed by atoms with E-state index in [9.17, 15) is 13.6 Å². The zero-order valence-electron chi connectivity index (χ0n) is 7.64. The summed E-state index contributed by atoms with van der Waals surface area (Å²) in [6, 6.07) is 0. The minimum atomic E-state index is -2.30. The quantitative estimate of drug-likeness (QED) is 0.741. The van der Waals surface area contributed by atoms with Gasteiger partial charge in [-0.25, -0.2) is 13.6 Å². The summed E-state index contributed by atoms with van der Waals surface area (Å²) < 4.78 is 28.3. The van der Waals surface area contributed by atoms with Gasteiger partial charge in [0, 0.05) is 12.0 Å². The molecular formula is C8H13F2NO2. The normalized spacial score (nSPS) is 31.6. The van der Waals surface area contributed by atoms with E-state index in [1.165, 1.54) is 7.11 Å². The van der Waals surface area contributed by atoms with Crippen molar-refractivity contribution in [3.63, 3.8) is 0 Å². The molecule has 1 aliphatic rings. The summed E-state index contributed by atoms with van der Waals surface area (Å²) >= 11 is 0. The lowest BCUT2D eigenvalue weighted by Crippen LogP contribution is -2.36. The highest BCUT2D eigenvalue weighted by Gasteiger charge is 2.52.